The first-order valence-corrected chi connectivity index (χ1v) is 8.70. The Morgan fingerprint density at radius 3 is 2.81 bits per heavy atom. The first-order valence-electron chi connectivity index (χ1n) is 8.70. The van der Waals surface area contributed by atoms with Gasteiger partial charge in [-0.05, 0) is 24.3 Å². The Balaban J connectivity index is 1.52. The van der Waals surface area contributed by atoms with Crippen molar-refractivity contribution in [1.82, 2.24) is 19.9 Å². The van der Waals surface area contributed by atoms with Crippen LogP contribution in [-0.2, 0) is 18.3 Å². The highest BCUT2D eigenvalue weighted by Crippen LogP contribution is 2.19. The zero-order chi connectivity index (χ0) is 17.9. The van der Waals surface area contributed by atoms with Crippen molar-refractivity contribution >= 4 is 22.8 Å². The molecule has 0 atom stereocenters. The van der Waals surface area contributed by atoms with E-state index in [9.17, 15) is 4.79 Å². The molecule has 0 saturated carbocycles. The van der Waals surface area contributed by atoms with Crippen LogP contribution in [0.1, 0.15) is 16.2 Å². The molecule has 26 heavy (non-hydrogen) atoms. The first-order chi connectivity index (χ1) is 12.7. The van der Waals surface area contributed by atoms with Crippen LogP contribution in [0, 0.1) is 0 Å². The number of imidazole rings is 1. The molecule has 3 aromatic rings. The molecule has 0 bridgehead atoms. The number of pyridine rings is 1. The van der Waals surface area contributed by atoms with E-state index in [1.165, 1.54) is 0 Å². The average Bonchev–Trinajstić information content (AvgIpc) is 3.03. The Bertz CT molecular complexity index is 931. The molecule has 4 rings (SSSR count). The maximum atomic E-state index is 12.8. The number of para-hydroxylation sites is 2. The van der Waals surface area contributed by atoms with Gasteiger partial charge in [-0.25, -0.2) is 9.97 Å². The number of morpholine rings is 1. The van der Waals surface area contributed by atoms with Gasteiger partial charge in [0.15, 0.2) is 0 Å². The summed E-state index contributed by atoms with van der Waals surface area (Å²) in [6.07, 6.45) is 1.72. The van der Waals surface area contributed by atoms with Crippen LogP contribution in [0.4, 0.5) is 5.82 Å². The van der Waals surface area contributed by atoms with E-state index >= 15 is 0 Å². The molecule has 1 amide bonds. The third-order valence-electron chi connectivity index (χ3n) is 4.63. The molecule has 1 aliphatic heterocycles. The number of fused-ring (bicyclic) bond motifs is 1. The zero-order valence-electron chi connectivity index (χ0n) is 14.7. The first kappa shape index (κ1) is 16.5. The molecule has 1 fully saturated rings. The van der Waals surface area contributed by atoms with Gasteiger partial charge < -0.3 is 19.5 Å². The molecule has 7 heteroatoms. The molecule has 1 saturated heterocycles. The van der Waals surface area contributed by atoms with Crippen LogP contribution >= 0.6 is 0 Å². The van der Waals surface area contributed by atoms with Gasteiger partial charge >= 0.3 is 0 Å². The predicted molar refractivity (Wildman–Crippen MR) is 99.2 cm³/mol. The number of benzene rings is 1. The predicted octanol–water partition coefficient (Wildman–Crippen LogP) is 1.73. The summed E-state index contributed by atoms with van der Waals surface area (Å²) in [6, 6.07) is 11.5. The molecule has 0 aliphatic carbocycles. The van der Waals surface area contributed by atoms with Crippen molar-refractivity contribution in [1.29, 1.82) is 0 Å². The smallest absolute Gasteiger partial charge is 0.255 e. The third-order valence-corrected chi connectivity index (χ3v) is 4.63. The zero-order valence-corrected chi connectivity index (χ0v) is 14.7. The molecule has 2 aromatic heterocycles. The summed E-state index contributed by atoms with van der Waals surface area (Å²) in [6.45, 7) is 3.14. The summed E-state index contributed by atoms with van der Waals surface area (Å²) in [4.78, 5) is 23.9. The lowest BCUT2D eigenvalue weighted by Crippen LogP contribution is -2.38. The summed E-state index contributed by atoms with van der Waals surface area (Å²) in [7, 11) is 1.96. The van der Waals surface area contributed by atoms with Gasteiger partial charge in [0.1, 0.15) is 11.6 Å². The van der Waals surface area contributed by atoms with Gasteiger partial charge in [-0.1, -0.05) is 12.1 Å². The number of amides is 1. The Labute approximate surface area is 151 Å². The standard InChI is InChI=1S/C19H21N5O2/c1-23-16-7-3-2-6-15(16)22-17(23)13-21-19(25)14-5-4-8-20-18(14)24-9-11-26-12-10-24/h2-8H,9-13H2,1H3,(H,21,25). The maximum absolute atomic E-state index is 12.8. The van der Waals surface area contributed by atoms with Crippen LogP contribution < -0.4 is 10.2 Å². The van der Waals surface area contributed by atoms with Gasteiger partial charge in [0.2, 0.25) is 0 Å². The molecule has 0 unspecified atom stereocenters. The second-order valence-corrected chi connectivity index (χ2v) is 6.23. The number of aryl methyl sites for hydroxylation is 1. The van der Waals surface area contributed by atoms with Crippen LogP contribution in [0.5, 0.6) is 0 Å². The summed E-state index contributed by atoms with van der Waals surface area (Å²) < 4.78 is 7.39. The minimum absolute atomic E-state index is 0.147. The summed E-state index contributed by atoms with van der Waals surface area (Å²) in [5, 5.41) is 2.98. The second kappa shape index (κ2) is 7.13. The molecule has 3 heterocycles. The lowest BCUT2D eigenvalue weighted by molar-refractivity contribution is 0.0947. The second-order valence-electron chi connectivity index (χ2n) is 6.23. The fraction of sp³-hybridized carbons (Fsp3) is 0.316. The number of carbonyl (C=O) groups is 1. The van der Waals surface area contributed by atoms with Gasteiger partial charge in [0.25, 0.3) is 5.91 Å². The quantitative estimate of drug-likeness (QED) is 0.775. The summed E-state index contributed by atoms with van der Waals surface area (Å²) in [5.74, 6) is 1.38. The lowest BCUT2D eigenvalue weighted by atomic mass is 10.2. The van der Waals surface area contributed by atoms with Gasteiger partial charge in [-0.2, -0.15) is 0 Å². The highest BCUT2D eigenvalue weighted by atomic mass is 16.5. The Hall–Kier alpha value is -2.93. The van der Waals surface area contributed by atoms with Crippen molar-refractivity contribution in [3.05, 3.63) is 54.0 Å². The van der Waals surface area contributed by atoms with Crippen LogP contribution in [0.25, 0.3) is 11.0 Å². The van der Waals surface area contributed by atoms with Gasteiger partial charge in [0, 0.05) is 26.3 Å². The van der Waals surface area contributed by atoms with E-state index in [1.54, 1.807) is 12.3 Å². The van der Waals surface area contributed by atoms with E-state index in [2.05, 4.69) is 20.2 Å². The van der Waals surface area contributed by atoms with E-state index in [0.29, 0.717) is 31.1 Å². The van der Waals surface area contributed by atoms with Gasteiger partial charge in [-0.15, -0.1) is 0 Å². The molecule has 0 spiro atoms. The molecule has 134 valence electrons. The van der Waals surface area contributed by atoms with E-state index in [4.69, 9.17) is 4.74 Å². The molecule has 7 nitrogen and oxygen atoms in total. The van der Waals surface area contributed by atoms with Crippen molar-refractivity contribution in [2.75, 3.05) is 31.2 Å². The number of nitrogens with zero attached hydrogens (tertiary/aromatic N) is 4. The van der Waals surface area contributed by atoms with E-state index in [-0.39, 0.29) is 5.91 Å². The highest BCUT2D eigenvalue weighted by molar-refractivity contribution is 5.98. The lowest BCUT2D eigenvalue weighted by Gasteiger charge is -2.29. The average molecular weight is 351 g/mol. The normalized spacial score (nSPS) is 14.6. The molecular formula is C19H21N5O2. The topological polar surface area (TPSA) is 72.3 Å². The molecule has 0 radical (unpaired) electrons. The Kier molecular flexibility index (Phi) is 4.53. The van der Waals surface area contributed by atoms with Crippen molar-refractivity contribution in [2.24, 2.45) is 7.05 Å². The van der Waals surface area contributed by atoms with E-state index in [1.807, 2.05) is 41.9 Å². The van der Waals surface area contributed by atoms with Crippen molar-refractivity contribution < 1.29 is 9.53 Å². The fourth-order valence-corrected chi connectivity index (χ4v) is 3.21. The van der Waals surface area contributed by atoms with Crippen LogP contribution in [0.2, 0.25) is 0 Å². The van der Waals surface area contributed by atoms with Gasteiger partial charge in [0.05, 0.1) is 36.4 Å². The summed E-state index contributed by atoms with van der Waals surface area (Å²) >= 11 is 0. The molecule has 1 aromatic carbocycles. The number of ether oxygens (including phenoxy) is 1. The third kappa shape index (κ3) is 3.13. The molecule has 1 N–H and O–H groups in total. The van der Waals surface area contributed by atoms with E-state index < -0.39 is 0 Å². The number of rotatable bonds is 4. The molecule has 1 aliphatic rings. The van der Waals surface area contributed by atoms with Gasteiger partial charge in [-0.3, -0.25) is 4.79 Å². The number of anilines is 1. The maximum Gasteiger partial charge on any atom is 0.255 e. The number of hydrogen-bond acceptors (Lipinski definition) is 5. The van der Waals surface area contributed by atoms with Crippen molar-refractivity contribution in [2.45, 2.75) is 6.54 Å². The Morgan fingerprint density at radius 2 is 2.00 bits per heavy atom. The number of carbonyl (C=O) groups excluding carboxylic acids is 1. The minimum Gasteiger partial charge on any atom is -0.378 e. The number of hydrogen-bond donors (Lipinski definition) is 1. The monoisotopic (exact) mass is 351 g/mol. The summed E-state index contributed by atoms with van der Waals surface area (Å²) in [5.41, 5.74) is 2.55. The van der Waals surface area contributed by atoms with E-state index in [0.717, 1.165) is 29.9 Å². The SMILES string of the molecule is Cn1c(CNC(=O)c2cccnc2N2CCOCC2)nc2ccccc21. The minimum atomic E-state index is -0.147. The molecular weight excluding hydrogens is 330 g/mol. The number of aromatic nitrogens is 3. The number of nitrogens with one attached hydrogen (secondary N) is 1. The van der Waals surface area contributed by atoms with Crippen molar-refractivity contribution in [3.63, 3.8) is 0 Å². The highest BCUT2D eigenvalue weighted by Gasteiger charge is 2.20. The fourth-order valence-electron chi connectivity index (χ4n) is 3.21. The van der Waals surface area contributed by atoms with Crippen LogP contribution in [0.15, 0.2) is 42.6 Å². The largest absolute Gasteiger partial charge is 0.378 e. The van der Waals surface area contributed by atoms with Crippen LogP contribution in [0.3, 0.4) is 0 Å². The van der Waals surface area contributed by atoms with Crippen molar-refractivity contribution in [3.8, 4) is 0 Å². The Morgan fingerprint density at radius 1 is 1.19 bits per heavy atom. The van der Waals surface area contributed by atoms with Crippen LogP contribution in [-0.4, -0.2) is 46.7 Å².